The molecule has 0 radical (unpaired) electrons. The molecule has 0 heterocycles. The third-order valence-corrected chi connectivity index (χ3v) is 5.30. The number of amides is 1. The van der Waals surface area contributed by atoms with Crippen molar-refractivity contribution < 1.29 is 19.1 Å². The van der Waals surface area contributed by atoms with Gasteiger partial charge in [-0.15, -0.1) is 0 Å². The minimum atomic E-state index is -0.590. The molecule has 1 amide bonds. The fourth-order valence-corrected chi connectivity index (χ4v) is 3.34. The largest absolute Gasteiger partial charge is 0.457 e. The Balaban J connectivity index is 1.50. The predicted molar refractivity (Wildman–Crippen MR) is 112 cm³/mol. The second-order valence-electron chi connectivity index (χ2n) is 7.53. The normalized spacial score (nSPS) is 14.1. The summed E-state index contributed by atoms with van der Waals surface area (Å²) in [5, 5.41) is 2.83. The van der Waals surface area contributed by atoms with Gasteiger partial charge in [-0.2, -0.15) is 0 Å². The van der Waals surface area contributed by atoms with Crippen molar-refractivity contribution in [3.05, 3.63) is 65.7 Å². The van der Waals surface area contributed by atoms with Gasteiger partial charge in [-0.1, -0.05) is 50.1 Å². The standard InChI is InChI=1S/C24H27NO4/c1-2-3-5-10-22(27)25-20-13-11-18(12-14-20)21(26)17-29-23(28)24(15-16-24)19-8-6-4-7-9-19/h4,6-9,11-14H,2-3,5,10,15-17H2,1H3,(H,25,27). The summed E-state index contributed by atoms with van der Waals surface area (Å²) < 4.78 is 5.33. The molecule has 2 aromatic carbocycles. The highest BCUT2D eigenvalue weighted by Crippen LogP contribution is 2.49. The van der Waals surface area contributed by atoms with E-state index in [1.54, 1.807) is 24.3 Å². The molecule has 0 bridgehead atoms. The summed E-state index contributed by atoms with van der Waals surface area (Å²) >= 11 is 0. The quantitative estimate of drug-likeness (QED) is 0.362. The lowest BCUT2D eigenvalue weighted by Crippen LogP contribution is -2.25. The fourth-order valence-electron chi connectivity index (χ4n) is 3.34. The molecular formula is C24H27NO4. The number of carbonyl (C=O) groups excluding carboxylic acids is 3. The third-order valence-electron chi connectivity index (χ3n) is 5.30. The molecule has 152 valence electrons. The smallest absolute Gasteiger partial charge is 0.317 e. The zero-order chi connectivity index (χ0) is 20.7. The van der Waals surface area contributed by atoms with Crippen LogP contribution in [-0.4, -0.2) is 24.3 Å². The summed E-state index contributed by atoms with van der Waals surface area (Å²) in [4.78, 5) is 36.8. The highest BCUT2D eigenvalue weighted by Gasteiger charge is 2.52. The Morgan fingerprint density at radius 3 is 2.28 bits per heavy atom. The topological polar surface area (TPSA) is 72.5 Å². The number of nitrogens with one attached hydrogen (secondary N) is 1. The number of benzene rings is 2. The van der Waals surface area contributed by atoms with E-state index in [1.165, 1.54) is 0 Å². The van der Waals surface area contributed by atoms with E-state index in [0.29, 0.717) is 17.7 Å². The first kappa shape index (κ1) is 20.8. The molecule has 0 saturated heterocycles. The van der Waals surface area contributed by atoms with Crippen LogP contribution in [0, 0.1) is 0 Å². The molecular weight excluding hydrogens is 366 g/mol. The van der Waals surface area contributed by atoms with E-state index < -0.39 is 5.41 Å². The maximum atomic E-state index is 12.5. The first-order chi connectivity index (χ1) is 14.0. The highest BCUT2D eigenvalue weighted by molar-refractivity contribution is 5.99. The van der Waals surface area contributed by atoms with Gasteiger partial charge in [-0.3, -0.25) is 14.4 Å². The zero-order valence-corrected chi connectivity index (χ0v) is 16.8. The van der Waals surface area contributed by atoms with E-state index in [9.17, 15) is 14.4 Å². The number of unbranched alkanes of at least 4 members (excludes halogenated alkanes) is 2. The van der Waals surface area contributed by atoms with Crippen LogP contribution in [0.5, 0.6) is 0 Å². The molecule has 1 fully saturated rings. The Hall–Kier alpha value is -2.95. The number of esters is 1. The fraction of sp³-hybridized carbons (Fsp3) is 0.375. The van der Waals surface area contributed by atoms with Crippen molar-refractivity contribution in [2.75, 3.05) is 11.9 Å². The summed E-state index contributed by atoms with van der Waals surface area (Å²) in [5.74, 6) is -0.627. The molecule has 2 aromatic rings. The number of Topliss-reactive ketones (excluding diaryl/α,β-unsaturated/α-hetero) is 1. The Labute approximate surface area is 171 Å². The van der Waals surface area contributed by atoms with Crippen LogP contribution < -0.4 is 5.32 Å². The van der Waals surface area contributed by atoms with Crippen molar-refractivity contribution in [3.8, 4) is 0 Å². The van der Waals surface area contributed by atoms with Crippen LogP contribution in [0.1, 0.15) is 61.4 Å². The number of carbonyl (C=O) groups is 3. The van der Waals surface area contributed by atoms with Crippen LogP contribution in [0.4, 0.5) is 5.69 Å². The van der Waals surface area contributed by atoms with Crippen molar-refractivity contribution in [2.24, 2.45) is 0 Å². The molecule has 1 aliphatic rings. The van der Waals surface area contributed by atoms with Gasteiger partial charge in [-0.05, 0) is 49.1 Å². The second-order valence-corrected chi connectivity index (χ2v) is 7.53. The molecule has 1 aliphatic carbocycles. The van der Waals surface area contributed by atoms with Gasteiger partial charge < -0.3 is 10.1 Å². The Bertz CT molecular complexity index is 854. The number of hydrogen-bond acceptors (Lipinski definition) is 4. The van der Waals surface area contributed by atoms with Gasteiger partial charge in [0.15, 0.2) is 12.4 Å². The van der Waals surface area contributed by atoms with Gasteiger partial charge in [0.2, 0.25) is 5.91 Å². The molecule has 3 rings (SSSR count). The molecule has 1 saturated carbocycles. The Morgan fingerprint density at radius 1 is 0.966 bits per heavy atom. The van der Waals surface area contributed by atoms with Gasteiger partial charge in [0.25, 0.3) is 0 Å². The minimum Gasteiger partial charge on any atom is -0.457 e. The first-order valence-electron chi connectivity index (χ1n) is 10.2. The van der Waals surface area contributed by atoms with Crippen molar-refractivity contribution in [1.82, 2.24) is 0 Å². The van der Waals surface area contributed by atoms with Crippen molar-refractivity contribution in [3.63, 3.8) is 0 Å². The van der Waals surface area contributed by atoms with Crippen LogP contribution in [0.25, 0.3) is 0 Å². The van der Waals surface area contributed by atoms with Crippen molar-refractivity contribution in [2.45, 2.75) is 50.9 Å². The first-order valence-corrected chi connectivity index (χ1v) is 10.2. The minimum absolute atomic E-state index is 0.0258. The molecule has 1 N–H and O–H groups in total. The molecule has 0 aromatic heterocycles. The average molecular weight is 393 g/mol. The van der Waals surface area contributed by atoms with Gasteiger partial charge >= 0.3 is 5.97 Å². The second kappa shape index (κ2) is 9.50. The summed E-state index contributed by atoms with van der Waals surface area (Å²) in [6.45, 7) is 1.81. The Morgan fingerprint density at radius 2 is 1.66 bits per heavy atom. The summed E-state index contributed by atoms with van der Waals surface area (Å²) in [5.41, 5.74) is 1.46. The van der Waals surface area contributed by atoms with E-state index in [0.717, 1.165) is 37.7 Å². The number of anilines is 1. The molecule has 29 heavy (non-hydrogen) atoms. The molecule has 0 spiro atoms. The van der Waals surface area contributed by atoms with Gasteiger partial charge in [-0.25, -0.2) is 0 Å². The van der Waals surface area contributed by atoms with Crippen LogP contribution in [-0.2, 0) is 19.7 Å². The van der Waals surface area contributed by atoms with Crippen molar-refractivity contribution in [1.29, 1.82) is 0 Å². The molecule has 5 heteroatoms. The lowest BCUT2D eigenvalue weighted by Gasteiger charge is -2.14. The van der Waals surface area contributed by atoms with E-state index >= 15 is 0 Å². The molecule has 0 atom stereocenters. The lowest BCUT2D eigenvalue weighted by molar-refractivity contribution is -0.145. The van der Waals surface area contributed by atoms with Crippen LogP contribution in [0.15, 0.2) is 54.6 Å². The van der Waals surface area contributed by atoms with E-state index in [1.807, 2.05) is 30.3 Å². The van der Waals surface area contributed by atoms with Gasteiger partial charge in [0.1, 0.15) is 0 Å². The molecule has 0 unspecified atom stereocenters. The number of hydrogen-bond donors (Lipinski definition) is 1. The van der Waals surface area contributed by atoms with Crippen LogP contribution in [0.2, 0.25) is 0 Å². The monoisotopic (exact) mass is 393 g/mol. The molecule has 0 aliphatic heterocycles. The number of ketones is 1. The SMILES string of the molecule is CCCCCC(=O)Nc1ccc(C(=O)COC(=O)C2(c3ccccc3)CC2)cc1. The highest BCUT2D eigenvalue weighted by atomic mass is 16.5. The third kappa shape index (κ3) is 5.31. The van der Waals surface area contributed by atoms with E-state index in [4.69, 9.17) is 4.74 Å². The van der Waals surface area contributed by atoms with E-state index in [2.05, 4.69) is 12.2 Å². The summed E-state index contributed by atoms with van der Waals surface area (Å²) in [6, 6.07) is 16.2. The maximum Gasteiger partial charge on any atom is 0.317 e. The zero-order valence-electron chi connectivity index (χ0n) is 16.8. The summed E-state index contributed by atoms with van der Waals surface area (Å²) in [6.07, 6.45) is 4.96. The lowest BCUT2D eigenvalue weighted by atomic mass is 9.96. The summed E-state index contributed by atoms with van der Waals surface area (Å²) in [7, 11) is 0. The van der Waals surface area contributed by atoms with Crippen molar-refractivity contribution >= 4 is 23.3 Å². The molecule has 5 nitrogen and oxygen atoms in total. The van der Waals surface area contributed by atoms with Gasteiger partial charge in [0.05, 0.1) is 5.41 Å². The van der Waals surface area contributed by atoms with Crippen LogP contribution >= 0.6 is 0 Å². The van der Waals surface area contributed by atoms with E-state index in [-0.39, 0.29) is 24.3 Å². The maximum absolute atomic E-state index is 12.5. The number of rotatable bonds is 10. The van der Waals surface area contributed by atoms with Crippen LogP contribution in [0.3, 0.4) is 0 Å². The average Bonchev–Trinajstić information content (AvgIpc) is 3.55. The number of ether oxygens (including phenoxy) is 1. The van der Waals surface area contributed by atoms with Gasteiger partial charge in [0, 0.05) is 17.7 Å². The Kier molecular flexibility index (Phi) is 6.81. The predicted octanol–water partition coefficient (Wildman–Crippen LogP) is 4.66.